The highest BCUT2D eigenvalue weighted by Gasteiger charge is 2.19. The van der Waals surface area contributed by atoms with Crippen molar-refractivity contribution in [3.05, 3.63) is 0 Å². The van der Waals surface area contributed by atoms with Crippen molar-refractivity contribution in [3.8, 4) is 6.07 Å². The van der Waals surface area contributed by atoms with Crippen molar-refractivity contribution in [2.75, 3.05) is 19.6 Å². The van der Waals surface area contributed by atoms with Gasteiger partial charge in [-0.15, -0.1) is 0 Å². The Hall–Kier alpha value is -1.08. The number of nitriles is 1. The van der Waals surface area contributed by atoms with Gasteiger partial charge in [0.25, 0.3) is 0 Å². The largest absolute Gasteiger partial charge is 0.354 e. The van der Waals surface area contributed by atoms with Crippen molar-refractivity contribution in [2.45, 2.75) is 13.0 Å². The average molecular weight is 153 g/mol. The zero-order chi connectivity index (χ0) is 8.27. The second-order valence-corrected chi connectivity index (χ2v) is 2.63. The van der Waals surface area contributed by atoms with Crippen LogP contribution in [0.4, 0.5) is 0 Å². The summed E-state index contributed by atoms with van der Waals surface area (Å²) in [4.78, 5) is 12.7. The number of carbonyl (C=O) groups is 1. The van der Waals surface area contributed by atoms with Crippen molar-refractivity contribution in [3.63, 3.8) is 0 Å². The van der Waals surface area contributed by atoms with Gasteiger partial charge in [0.1, 0.15) is 0 Å². The quantitative estimate of drug-likeness (QED) is 0.543. The fraction of sp³-hybridized carbons (Fsp3) is 0.714. The molecule has 1 N–H and O–H groups in total. The predicted molar refractivity (Wildman–Crippen MR) is 39.7 cm³/mol. The third kappa shape index (κ3) is 1.92. The molecule has 1 amide bonds. The molecule has 4 heteroatoms. The minimum atomic E-state index is -0.152. The van der Waals surface area contributed by atoms with Crippen LogP contribution in [0.1, 0.15) is 6.92 Å². The Kier molecular flexibility index (Phi) is 2.44. The fourth-order valence-electron chi connectivity index (χ4n) is 1.07. The Morgan fingerprint density at radius 1 is 1.82 bits per heavy atom. The van der Waals surface area contributed by atoms with Crippen LogP contribution in [-0.2, 0) is 4.79 Å². The predicted octanol–water partition coefficient (Wildman–Crippen LogP) is -0.670. The number of carbonyl (C=O) groups excluding carboxylic acids is 1. The number of hydrogen-bond acceptors (Lipinski definition) is 3. The van der Waals surface area contributed by atoms with Gasteiger partial charge in [-0.1, -0.05) is 0 Å². The van der Waals surface area contributed by atoms with E-state index in [0.29, 0.717) is 13.1 Å². The van der Waals surface area contributed by atoms with Crippen LogP contribution in [0.5, 0.6) is 0 Å². The zero-order valence-corrected chi connectivity index (χ0v) is 6.50. The Morgan fingerprint density at radius 3 is 3.09 bits per heavy atom. The number of piperazine rings is 1. The van der Waals surface area contributed by atoms with E-state index in [1.807, 2.05) is 4.90 Å². The maximum Gasteiger partial charge on any atom is 0.234 e. The van der Waals surface area contributed by atoms with Gasteiger partial charge in [0, 0.05) is 13.1 Å². The number of rotatable bonds is 1. The Labute approximate surface area is 65.8 Å². The molecule has 0 saturated carbocycles. The van der Waals surface area contributed by atoms with Crippen LogP contribution in [0.25, 0.3) is 0 Å². The van der Waals surface area contributed by atoms with Crippen LogP contribution in [0.15, 0.2) is 0 Å². The monoisotopic (exact) mass is 153 g/mol. The molecule has 1 saturated heterocycles. The fourth-order valence-corrected chi connectivity index (χ4v) is 1.07. The molecule has 1 fully saturated rings. The van der Waals surface area contributed by atoms with Crippen LogP contribution in [0, 0.1) is 11.3 Å². The molecule has 0 bridgehead atoms. The molecule has 4 nitrogen and oxygen atoms in total. The van der Waals surface area contributed by atoms with Crippen molar-refractivity contribution >= 4 is 5.91 Å². The molecular formula is C7H11N3O. The first kappa shape index (κ1) is 8.02. The van der Waals surface area contributed by atoms with Gasteiger partial charge in [-0.05, 0) is 6.92 Å². The van der Waals surface area contributed by atoms with Gasteiger partial charge in [-0.2, -0.15) is 5.26 Å². The van der Waals surface area contributed by atoms with Crippen LogP contribution < -0.4 is 5.32 Å². The maximum absolute atomic E-state index is 10.8. The van der Waals surface area contributed by atoms with Gasteiger partial charge >= 0.3 is 0 Å². The highest BCUT2D eigenvalue weighted by molar-refractivity contribution is 5.78. The Balaban J connectivity index is 2.47. The number of nitrogens with zero attached hydrogens (tertiary/aromatic N) is 2. The summed E-state index contributed by atoms with van der Waals surface area (Å²) in [5.41, 5.74) is 0. The maximum atomic E-state index is 10.8. The van der Waals surface area contributed by atoms with E-state index in [4.69, 9.17) is 5.26 Å². The minimum Gasteiger partial charge on any atom is -0.354 e. The van der Waals surface area contributed by atoms with Crippen molar-refractivity contribution in [1.82, 2.24) is 10.2 Å². The second kappa shape index (κ2) is 3.35. The molecule has 0 radical (unpaired) electrons. The summed E-state index contributed by atoms with van der Waals surface area (Å²) in [5.74, 6) is 0.0124. The topological polar surface area (TPSA) is 56.1 Å². The molecule has 1 heterocycles. The van der Waals surface area contributed by atoms with Gasteiger partial charge in [0.15, 0.2) is 0 Å². The summed E-state index contributed by atoms with van der Waals surface area (Å²) >= 11 is 0. The second-order valence-electron chi connectivity index (χ2n) is 2.63. The summed E-state index contributed by atoms with van der Waals surface area (Å²) < 4.78 is 0. The molecule has 11 heavy (non-hydrogen) atoms. The molecule has 0 aromatic rings. The van der Waals surface area contributed by atoms with Gasteiger partial charge in [-0.25, -0.2) is 0 Å². The van der Waals surface area contributed by atoms with Crippen LogP contribution in [0.2, 0.25) is 0 Å². The normalized spacial score (nSPS) is 22.0. The van der Waals surface area contributed by atoms with Gasteiger partial charge < -0.3 is 5.32 Å². The average Bonchev–Trinajstić information content (AvgIpc) is 2.03. The minimum absolute atomic E-state index is 0.0124. The van der Waals surface area contributed by atoms with E-state index in [-0.39, 0.29) is 11.9 Å². The van der Waals surface area contributed by atoms with Crippen LogP contribution in [0.3, 0.4) is 0 Å². The summed E-state index contributed by atoms with van der Waals surface area (Å²) in [6.07, 6.45) is 0. The first-order valence-corrected chi connectivity index (χ1v) is 3.64. The Morgan fingerprint density at radius 2 is 2.55 bits per heavy atom. The number of nitrogens with one attached hydrogen (secondary N) is 1. The molecule has 0 aromatic carbocycles. The van der Waals surface area contributed by atoms with Gasteiger partial charge in [0.05, 0.1) is 18.7 Å². The van der Waals surface area contributed by atoms with Crippen LogP contribution in [-0.4, -0.2) is 36.5 Å². The lowest BCUT2D eigenvalue weighted by Gasteiger charge is -2.27. The van der Waals surface area contributed by atoms with E-state index in [9.17, 15) is 4.79 Å². The number of amides is 1. The van der Waals surface area contributed by atoms with Crippen molar-refractivity contribution in [2.24, 2.45) is 0 Å². The van der Waals surface area contributed by atoms with Crippen molar-refractivity contribution < 1.29 is 4.79 Å². The first-order chi connectivity index (χ1) is 5.24. The Bertz CT molecular complexity index is 196. The molecule has 0 spiro atoms. The first-order valence-electron chi connectivity index (χ1n) is 3.64. The molecule has 1 atom stereocenters. The SMILES string of the molecule is CC(C#N)N1CCNC(=O)C1. The molecule has 1 aliphatic heterocycles. The summed E-state index contributed by atoms with van der Waals surface area (Å²) in [6.45, 7) is 3.60. The summed E-state index contributed by atoms with van der Waals surface area (Å²) in [5, 5.41) is 11.3. The highest BCUT2D eigenvalue weighted by atomic mass is 16.2. The third-order valence-electron chi connectivity index (χ3n) is 1.80. The third-order valence-corrected chi connectivity index (χ3v) is 1.80. The van der Waals surface area contributed by atoms with Crippen molar-refractivity contribution in [1.29, 1.82) is 5.26 Å². The standard InChI is InChI=1S/C7H11N3O/c1-6(4-8)10-3-2-9-7(11)5-10/h6H,2-3,5H2,1H3,(H,9,11). The molecular weight excluding hydrogens is 142 g/mol. The van der Waals surface area contributed by atoms with Gasteiger partial charge in [-0.3, -0.25) is 9.69 Å². The molecule has 0 aliphatic carbocycles. The lowest BCUT2D eigenvalue weighted by molar-refractivity contribution is -0.124. The van der Waals surface area contributed by atoms with E-state index >= 15 is 0 Å². The lowest BCUT2D eigenvalue weighted by atomic mass is 10.2. The molecule has 1 aliphatic rings. The molecule has 1 unspecified atom stereocenters. The van der Waals surface area contributed by atoms with E-state index in [1.54, 1.807) is 6.92 Å². The van der Waals surface area contributed by atoms with E-state index < -0.39 is 0 Å². The molecule has 1 rings (SSSR count). The number of hydrogen-bond donors (Lipinski definition) is 1. The van der Waals surface area contributed by atoms with Crippen LogP contribution >= 0.6 is 0 Å². The smallest absolute Gasteiger partial charge is 0.234 e. The lowest BCUT2D eigenvalue weighted by Crippen LogP contribution is -2.50. The zero-order valence-electron chi connectivity index (χ0n) is 6.50. The molecule has 0 aromatic heterocycles. The highest BCUT2D eigenvalue weighted by Crippen LogP contribution is 1.99. The van der Waals surface area contributed by atoms with E-state index in [2.05, 4.69) is 11.4 Å². The van der Waals surface area contributed by atoms with E-state index in [0.717, 1.165) is 6.54 Å². The summed E-state index contributed by atoms with van der Waals surface area (Å²) in [7, 11) is 0. The summed E-state index contributed by atoms with van der Waals surface area (Å²) in [6, 6.07) is 1.95. The molecule has 60 valence electrons. The van der Waals surface area contributed by atoms with E-state index in [1.165, 1.54) is 0 Å². The van der Waals surface area contributed by atoms with Gasteiger partial charge in [0.2, 0.25) is 5.91 Å².